The highest BCUT2D eigenvalue weighted by Crippen LogP contribution is 2.45. The normalized spacial score (nSPS) is 24.2. The minimum absolute atomic E-state index is 0.0493. The molecular weight excluding hydrogens is 307 g/mol. The summed E-state index contributed by atoms with van der Waals surface area (Å²) in [6, 6.07) is 0. The van der Waals surface area contributed by atoms with Gasteiger partial charge in [-0.05, 0) is 34.9 Å². The van der Waals surface area contributed by atoms with E-state index in [4.69, 9.17) is 4.74 Å². The Morgan fingerprint density at radius 3 is 2.87 bits per heavy atom. The van der Waals surface area contributed by atoms with Crippen molar-refractivity contribution in [3.8, 4) is 0 Å². The van der Waals surface area contributed by atoms with E-state index in [0.29, 0.717) is 22.0 Å². The number of hydrogen-bond donors (Lipinski definition) is 1. The summed E-state index contributed by atoms with van der Waals surface area (Å²) in [6.07, 6.45) is 1.12. The number of methoxy groups -OCH3 is 1. The van der Waals surface area contributed by atoms with Crippen molar-refractivity contribution in [3.63, 3.8) is 0 Å². The molecule has 1 fully saturated rings. The van der Waals surface area contributed by atoms with Crippen LogP contribution in [0.15, 0.2) is 4.79 Å². The predicted octanol–water partition coefficient (Wildman–Crippen LogP) is 1.64. The van der Waals surface area contributed by atoms with Gasteiger partial charge in [0.25, 0.3) is 5.56 Å². The third-order valence-corrected chi connectivity index (χ3v) is 3.80. The minimum atomic E-state index is -0.0493. The van der Waals surface area contributed by atoms with Crippen molar-refractivity contribution < 1.29 is 4.74 Å². The number of aromatic nitrogens is 2. The van der Waals surface area contributed by atoms with Gasteiger partial charge in [0.05, 0.1) is 12.3 Å². The molecule has 0 aromatic carbocycles. The third-order valence-electron chi connectivity index (χ3n) is 2.69. The summed E-state index contributed by atoms with van der Waals surface area (Å²) in [5, 5.41) is 0. The summed E-state index contributed by atoms with van der Waals surface area (Å²) < 4.78 is 5.66. The summed E-state index contributed by atoms with van der Waals surface area (Å²) >= 11 is 2.01. The van der Waals surface area contributed by atoms with Gasteiger partial charge in [-0.1, -0.05) is 6.92 Å². The van der Waals surface area contributed by atoms with Crippen LogP contribution in [0.4, 0.5) is 0 Å². The van der Waals surface area contributed by atoms with Gasteiger partial charge in [-0.3, -0.25) is 4.79 Å². The number of nitrogens with one attached hydrogen (secondary N) is 1. The van der Waals surface area contributed by atoms with E-state index < -0.39 is 0 Å². The fourth-order valence-corrected chi connectivity index (χ4v) is 2.05. The van der Waals surface area contributed by atoms with Crippen molar-refractivity contribution in [2.24, 2.45) is 5.92 Å². The molecule has 15 heavy (non-hydrogen) atoms. The van der Waals surface area contributed by atoms with E-state index in [-0.39, 0.29) is 5.56 Å². The van der Waals surface area contributed by atoms with E-state index in [0.717, 1.165) is 17.9 Å². The first-order valence-corrected chi connectivity index (χ1v) is 5.99. The molecule has 1 aliphatic carbocycles. The molecular formula is C10H13IN2O2. The fraction of sp³-hybridized carbons (Fsp3) is 0.600. The summed E-state index contributed by atoms with van der Waals surface area (Å²) in [5.74, 6) is 1.90. The van der Waals surface area contributed by atoms with Crippen LogP contribution in [-0.2, 0) is 11.3 Å². The lowest BCUT2D eigenvalue weighted by atomic mass is 10.3. The van der Waals surface area contributed by atoms with Gasteiger partial charge in [0, 0.05) is 13.0 Å². The molecule has 0 aliphatic heterocycles. The highest BCUT2D eigenvalue weighted by atomic mass is 127. The van der Waals surface area contributed by atoms with E-state index in [1.165, 1.54) is 0 Å². The summed E-state index contributed by atoms with van der Waals surface area (Å²) in [5.41, 5.74) is 0.697. The maximum absolute atomic E-state index is 11.6. The van der Waals surface area contributed by atoms with Gasteiger partial charge in [0.15, 0.2) is 0 Å². The molecule has 2 rings (SSSR count). The average molecular weight is 320 g/mol. The quantitative estimate of drug-likeness (QED) is 0.862. The monoisotopic (exact) mass is 320 g/mol. The molecule has 4 nitrogen and oxygen atoms in total. The van der Waals surface area contributed by atoms with Crippen LogP contribution in [-0.4, -0.2) is 17.1 Å². The second-order valence-electron chi connectivity index (χ2n) is 3.96. The second-order valence-corrected chi connectivity index (χ2v) is 5.04. The van der Waals surface area contributed by atoms with Gasteiger partial charge in [-0.25, -0.2) is 4.98 Å². The Balaban J connectivity index is 2.37. The number of nitrogens with zero attached hydrogens (tertiary/aromatic N) is 1. The number of halogens is 1. The molecule has 2 atom stereocenters. The Kier molecular flexibility index (Phi) is 3.11. The Morgan fingerprint density at radius 2 is 2.33 bits per heavy atom. The van der Waals surface area contributed by atoms with Gasteiger partial charge in [0.1, 0.15) is 9.39 Å². The highest BCUT2D eigenvalue weighted by molar-refractivity contribution is 14.1. The Hall–Kier alpha value is -0.430. The molecule has 1 N–H and O–H groups in total. The van der Waals surface area contributed by atoms with E-state index in [1.54, 1.807) is 7.11 Å². The molecule has 1 aromatic heterocycles. The van der Waals surface area contributed by atoms with Gasteiger partial charge in [-0.15, -0.1) is 0 Å². The Labute approximate surface area is 102 Å². The molecule has 0 radical (unpaired) electrons. The molecule has 0 saturated heterocycles. The van der Waals surface area contributed by atoms with Crippen LogP contribution < -0.4 is 5.56 Å². The average Bonchev–Trinajstić information content (AvgIpc) is 2.91. The summed E-state index contributed by atoms with van der Waals surface area (Å²) in [4.78, 5) is 18.9. The largest absolute Gasteiger partial charge is 0.378 e. The topological polar surface area (TPSA) is 55.0 Å². The molecule has 1 aromatic rings. The molecule has 1 saturated carbocycles. The Morgan fingerprint density at radius 1 is 1.67 bits per heavy atom. The first-order valence-electron chi connectivity index (χ1n) is 4.91. The van der Waals surface area contributed by atoms with E-state index in [9.17, 15) is 4.79 Å². The number of hydrogen-bond acceptors (Lipinski definition) is 3. The van der Waals surface area contributed by atoms with Crippen molar-refractivity contribution in [2.45, 2.75) is 25.9 Å². The van der Waals surface area contributed by atoms with Crippen LogP contribution in [0.25, 0.3) is 0 Å². The number of rotatable bonds is 3. The molecule has 82 valence electrons. The molecule has 1 heterocycles. The fourth-order valence-electron chi connectivity index (χ4n) is 1.64. The third kappa shape index (κ3) is 2.23. The SMILES string of the molecule is COCc1nc(C2CC2C)[nH]c(=O)c1I. The second kappa shape index (κ2) is 4.21. The van der Waals surface area contributed by atoms with E-state index >= 15 is 0 Å². The molecule has 2 unspecified atom stereocenters. The highest BCUT2D eigenvalue weighted by Gasteiger charge is 2.36. The smallest absolute Gasteiger partial charge is 0.264 e. The van der Waals surface area contributed by atoms with Gasteiger partial charge >= 0.3 is 0 Å². The maximum atomic E-state index is 11.6. The van der Waals surface area contributed by atoms with Crippen LogP contribution >= 0.6 is 22.6 Å². The predicted molar refractivity (Wildman–Crippen MR) is 64.8 cm³/mol. The van der Waals surface area contributed by atoms with Crippen LogP contribution in [0.3, 0.4) is 0 Å². The van der Waals surface area contributed by atoms with Crippen molar-refractivity contribution in [2.75, 3.05) is 7.11 Å². The zero-order valence-corrected chi connectivity index (χ0v) is 10.9. The molecule has 5 heteroatoms. The zero-order valence-electron chi connectivity index (χ0n) is 8.71. The van der Waals surface area contributed by atoms with Crippen LogP contribution in [0.5, 0.6) is 0 Å². The molecule has 0 amide bonds. The van der Waals surface area contributed by atoms with Crippen molar-refractivity contribution in [3.05, 3.63) is 25.4 Å². The van der Waals surface area contributed by atoms with Crippen LogP contribution in [0, 0.1) is 9.49 Å². The van der Waals surface area contributed by atoms with Gasteiger partial charge < -0.3 is 9.72 Å². The number of ether oxygens (including phenoxy) is 1. The summed E-state index contributed by atoms with van der Waals surface area (Å²) in [7, 11) is 1.61. The molecule has 0 bridgehead atoms. The lowest BCUT2D eigenvalue weighted by Crippen LogP contribution is -2.18. The summed E-state index contributed by atoms with van der Waals surface area (Å²) in [6.45, 7) is 2.56. The number of H-pyrrole nitrogens is 1. The minimum Gasteiger partial charge on any atom is -0.378 e. The van der Waals surface area contributed by atoms with Crippen molar-refractivity contribution >= 4 is 22.6 Å². The molecule has 1 aliphatic rings. The Bertz CT molecular complexity index is 430. The lowest BCUT2D eigenvalue weighted by molar-refractivity contribution is 0.180. The zero-order chi connectivity index (χ0) is 11.0. The first-order chi connectivity index (χ1) is 7.13. The maximum Gasteiger partial charge on any atom is 0.264 e. The van der Waals surface area contributed by atoms with E-state index in [2.05, 4.69) is 16.9 Å². The number of aromatic amines is 1. The standard InChI is InChI=1S/C10H13IN2O2/c1-5-3-6(5)9-12-7(4-15-2)8(11)10(14)13-9/h5-6H,3-4H2,1-2H3,(H,12,13,14). The van der Waals surface area contributed by atoms with E-state index in [1.807, 2.05) is 22.6 Å². The van der Waals surface area contributed by atoms with Gasteiger partial charge in [0.2, 0.25) is 0 Å². The molecule has 0 spiro atoms. The van der Waals surface area contributed by atoms with Crippen LogP contribution in [0.2, 0.25) is 0 Å². The van der Waals surface area contributed by atoms with Crippen molar-refractivity contribution in [1.29, 1.82) is 0 Å². The van der Waals surface area contributed by atoms with Crippen LogP contribution in [0.1, 0.15) is 30.8 Å². The van der Waals surface area contributed by atoms with Crippen molar-refractivity contribution in [1.82, 2.24) is 9.97 Å². The first kappa shape index (κ1) is 11.1. The lowest BCUT2D eigenvalue weighted by Gasteiger charge is -2.05. The van der Waals surface area contributed by atoms with Gasteiger partial charge in [-0.2, -0.15) is 0 Å².